The summed E-state index contributed by atoms with van der Waals surface area (Å²) in [5, 5.41) is 0. The molecule has 1 aromatic carbocycles. The normalized spacial score (nSPS) is 9.62. The minimum absolute atomic E-state index is 0.130. The van der Waals surface area contributed by atoms with Crippen molar-refractivity contribution >= 4 is 18.4 Å². The van der Waals surface area contributed by atoms with Crippen molar-refractivity contribution in [2.45, 2.75) is 67.2 Å². The minimum Gasteiger partial charge on any atom is -0.295 e. The summed E-state index contributed by atoms with van der Waals surface area (Å²) in [4.78, 5) is 10.9. The van der Waals surface area contributed by atoms with Crippen molar-refractivity contribution < 1.29 is 4.79 Å². The third-order valence-electron chi connectivity index (χ3n) is 3.02. The molecule has 0 heterocycles. The van der Waals surface area contributed by atoms with Gasteiger partial charge in [-0.25, -0.2) is 0 Å². The van der Waals surface area contributed by atoms with Crippen molar-refractivity contribution in [3.63, 3.8) is 0 Å². The first-order chi connectivity index (χ1) is 9.79. The van der Waals surface area contributed by atoms with Crippen molar-refractivity contribution in [3.8, 4) is 0 Å². The van der Waals surface area contributed by atoms with Gasteiger partial charge in [-0.05, 0) is 36.5 Å². The molecule has 2 heteroatoms. The van der Waals surface area contributed by atoms with Gasteiger partial charge in [0.05, 0.1) is 0 Å². The van der Waals surface area contributed by atoms with E-state index in [-0.39, 0.29) is 5.78 Å². The van der Waals surface area contributed by atoms with Crippen LogP contribution >= 0.6 is 12.6 Å². The zero-order valence-corrected chi connectivity index (χ0v) is 15.8. The first-order valence-corrected chi connectivity index (χ1v) is 8.64. The second-order valence-electron chi connectivity index (χ2n) is 5.86. The molecule has 0 saturated heterocycles. The molecule has 0 aliphatic heterocycles. The van der Waals surface area contributed by atoms with Crippen LogP contribution in [0, 0.1) is 5.92 Å². The highest BCUT2D eigenvalue weighted by molar-refractivity contribution is 7.80. The van der Waals surface area contributed by atoms with Gasteiger partial charge in [0.25, 0.3) is 0 Å². The lowest BCUT2D eigenvalue weighted by atomic mass is 10.0. The van der Waals surface area contributed by atoms with E-state index in [2.05, 4.69) is 54.2 Å². The van der Waals surface area contributed by atoms with Crippen LogP contribution in [0.3, 0.4) is 0 Å². The Balaban J connectivity index is 0. The Hall–Kier alpha value is -0.760. The Morgan fingerprint density at radius 2 is 1.43 bits per heavy atom. The van der Waals surface area contributed by atoms with Crippen LogP contribution in [0.2, 0.25) is 0 Å². The second-order valence-corrected chi connectivity index (χ2v) is 6.31. The predicted octanol–water partition coefficient (Wildman–Crippen LogP) is 6.39. The molecule has 0 aromatic heterocycles. The summed E-state index contributed by atoms with van der Waals surface area (Å²) in [5.74, 6) is 2.56. The summed E-state index contributed by atoms with van der Waals surface area (Å²) in [7, 11) is 0. The van der Waals surface area contributed by atoms with Gasteiger partial charge in [-0.1, -0.05) is 72.2 Å². The Bertz CT molecular complexity index is 350. The molecule has 0 saturated carbocycles. The predicted molar refractivity (Wildman–Crippen MR) is 99.8 cm³/mol. The number of rotatable bonds is 4. The number of carbonyl (C=O) groups is 1. The average Bonchev–Trinajstić information content (AvgIpc) is 2.48. The van der Waals surface area contributed by atoms with Crippen LogP contribution in [0.1, 0.15) is 83.1 Å². The molecule has 1 rings (SSSR count). The molecule has 21 heavy (non-hydrogen) atoms. The van der Waals surface area contributed by atoms with E-state index in [1.807, 2.05) is 24.3 Å². The topological polar surface area (TPSA) is 17.1 Å². The van der Waals surface area contributed by atoms with E-state index in [1.54, 1.807) is 6.92 Å². The smallest absolute Gasteiger partial charge is 0.159 e. The maximum absolute atomic E-state index is 10.9. The molecule has 1 aromatic rings. The fourth-order valence-corrected chi connectivity index (χ4v) is 1.10. The highest BCUT2D eigenvalue weighted by Crippen LogP contribution is 2.14. The summed E-state index contributed by atoms with van der Waals surface area (Å²) < 4.78 is 0. The average molecular weight is 311 g/mol. The molecule has 0 aliphatic carbocycles. The lowest BCUT2D eigenvalue weighted by Crippen LogP contribution is -1.93. The molecular weight excluding hydrogens is 276 g/mol. The molecular formula is C19H34OS. The number of hydrogen-bond acceptors (Lipinski definition) is 2. The van der Waals surface area contributed by atoms with E-state index >= 15 is 0 Å². The standard InChI is InChI=1S/C11H14O.C5H12.C3H8S/c1-8(2)10-4-6-11(7-5-10)9(3)12;1-4-5(2)3;1-2-3-4/h4-8H,1-3H3;5H,4H2,1-3H3;4H,2-3H2,1H3. The Labute approximate surface area is 138 Å². The van der Waals surface area contributed by atoms with Crippen molar-refractivity contribution in [2.75, 3.05) is 5.75 Å². The lowest BCUT2D eigenvalue weighted by molar-refractivity contribution is 0.101. The fourth-order valence-electron chi connectivity index (χ4n) is 1.10. The van der Waals surface area contributed by atoms with Gasteiger partial charge in [0.1, 0.15) is 0 Å². The third kappa shape index (κ3) is 14.0. The van der Waals surface area contributed by atoms with Crippen molar-refractivity contribution in [1.82, 2.24) is 0 Å². The van der Waals surface area contributed by atoms with Crippen LogP contribution in [-0.2, 0) is 0 Å². The molecule has 0 amide bonds. The van der Waals surface area contributed by atoms with Gasteiger partial charge in [-0.2, -0.15) is 12.6 Å². The number of thiol groups is 1. The molecule has 122 valence electrons. The summed E-state index contributed by atoms with van der Waals surface area (Å²) in [6.07, 6.45) is 2.49. The molecule has 0 N–H and O–H groups in total. The van der Waals surface area contributed by atoms with Crippen LogP contribution in [0.5, 0.6) is 0 Å². The fraction of sp³-hybridized carbons (Fsp3) is 0.632. The summed E-state index contributed by atoms with van der Waals surface area (Å²) in [6, 6.07) is 7.80. The maximum atomic E-state index is 10.9. The van der Waals surface area contributed by atoms with E-state index < -0.39 is 0 Å². The number of benzene rings is 1. The zero-order valence-electron chi connectivity index (χ0n) is 14.9. The van der Waals surface area contributed by atoms with Gasteiger partial charge in [-0.3, -0.25) is 4.79 Å². The maximum Gasteiger partial charge on any atom is 0.159 e. The van der Waals surface area contributed by atoms with Gasteiger partial charge < -0.3 is 0 Å². The van der Waals surface area contributed by atoms with Crippen LogP contribution in [0.15, 0.2) is 24.3 Å². The molecule has 0 fully saturated rings. The minimum atomic E-state index is 0.130. The van der Waals surface area contributed by atoms with E-state index in [0.29, 0.717) is 5.92 Å². The van der Waals surface area contributed by atoms with Gasteiger partial charge in [0.2, 0.25) is 0 Å². The number of hydrogen-bond donors (Lipinski definition) is 1. The van der Waals surface area contributed by atoms with Crippen LogP contribution < -0.4 is 0 Å². The van der Waals surface area contributed by atoms with Gasteiger partial charge >= 0.3 is 0 Å². The zero-order chi connectivity index (χ0) is 16.8. The highest BCUT2D eigenvalue weighted by atomic mass is 32.1. The Morgan fingerprint density at radius 3 is 1.62 bits per heavy atom. The number of ketones is 1. The first-order valence-electron chi connectivity index (χ1n) is 8.01. The van der Waals surface area contributed by atoms with E-state index in [1.165, 1.54) is 18.4 Å². The SMILES string of the molecule is CC(=O)c1ccc(C(C)C)cc1.CCC(C)C.CCCS. The molecule has 0 atom stereocenters. The molecule has 0 bridgehead atoms. The summed E-state index contributed by atoms with van der Waals surface area (Å²) >= 11 is 3.92. The summed E-state index contributed by atoms with van der Waals surface area (Å²) in [5.41, 5.74) is 2.07. The number of carbonyl (C=O) groups excluding carboxylic acids is 1. The Kier molecular flexibility index (Phi) is 15.2. The molecule has 0 aliphatic rings. The second kappa shape index (κ2) is 14.2. The van der Waals surface area contributed by atoms with Crippen molar-refractivity contribution in [1.29, 1.82) is 0 Å². The van der Waals surface area contributed by atoms with Crippen molar-refractivity contribution in [2.24, 2.45) is 5.92 Å². The third-order valence-corrected chi connectivity index (χ3v) is 3.47. The quantitative estimate of drug-likeness (QED) is 0.503. The number of Topliss-reactive ketones (excluding diaryl/α,β-unsaturated/α-hetero) is 1. The molecule has 0 spiro atoms. The van der Waals surface area contributed by atoms with Gasteiger partial charge in [0.15, 0.2) is 5.78 Å². The van der Waals surface area contributed by atoms with Crippen LogP contribution in [-0.4, -0.2) is 11.5 Å². The first kappa shape index (κ1) is 22.5. The monoisotopic (exact) mass is 310 g/mol. The van der Waals surface area contributed by atoms with Gasteiger partial charge in [0, 0.05) is 5.56 Å². The molecule has 0 radical (unpaired) electrons. The lowest BCUT2D eigenvalue weighted by Gasteiger charge is -2.04. The largest absolute Gasteiger partial charge is 0.295 e. The Morgan fingerprint density at radius 1 is 1.05 bits per heavy atom. The van der Waals surface area contributed by atoms with Gasteiger partial charge in [-0.15, -0.1) is 0 Å². The van der Waals surface area contributed by atoms with E-state index in [0.717, 1.165) is 17.2 Å². The highest BCUT2D eigenvalue weighted by Gasteiger charge is 2.00. The van der Waals surface area contributed by atoms with Crippen LogP contribution in [0.25, 0.3) is 0 Å². The van der Waals surface area contributed by atoms with Crippen molar-refractivity contribution in [3.05, 3.63) is 35.4 Å². The van der Waals surface area contributed by atoms with E-state index in [4.69, 9.17) is 0 Å². The molecule has 0 unspecified atom stereocenters. The molecule has 1 nitrogen and oxygen atoms in total. The summed E-state index contributed by atoms with van der Waals surface area (Å²) in [6.45, 7) is 14.6. The van der Waals surface area contributed by atoms with E-state index in [9.17, 15) is 4.79 Å². The van der Waals surface area contributed by atoms with Crippen LogP contribution in [0.4, 0.5) is 0 Å².